The summed E-state index contributed by atoms with van der Waals surface area (Å²) < 4.78 is 11.5. The summed E-state index contributed by atoms with van der Waals surface area (Å²) in [6.45, 7) is 2.78. The Morgan fingerprint density at radius 1 is 1.12 bits per heavy atom. The maximum absolute atomic E-state index is 5.74. The lowest BCUT2D eigenvalue weighted by molar-refractivity contribution is -0.182. The highest BCUT2D eigenvalue weighted by Crippen LogP contribution is 2.38. The molecule has 0 radical (unpaired) electrons. The van der Waals surface area contributed by atoms with Gasteiger partial charge < -0.3 is 14.8 Å². The van der Waals surface area contributed by atoms with Crippen LogP contribution in [0.25, 0.3) is 0 Å². The lowest BCUT2D eigenvalue weighted by Gasteiger charge is -2.36. The van der Waals surface area contributed by atoms with Crippen molar-refractivity contribution in [3.63, 3.8) is 0 Å². The highest BCUT2D eigenvalue weighted by atomic mass is 32.2. The second-order valence-electron chi connectivity index (χ2n) is 5.19. The summed E-state index contributed by atoms with van der Waals surface area (Å²) in [5.74, 6) is 3.28. The predicted octanol–water partition coefficient (Wildman–Crippen LogP) is 1.62. The Hall–Kier alpha value is 0.230. The molecule has 3 aliphatic rings. The van der Waals surface area contributed by atoms with E-state index >= 15 is 0 Å². The van der Waals surface area contributed by atoms with E-state index in [-0.39, 0.29) is 5.79 Å². The Kier molecular flexibility index (Phi) is 3.43. The molecule has 1 saturated carbocycles. The minimum Gasteiger partial charge on any atom is -0.348 e. The van der Waals surface area contributed by atoms with Crippen molar-refractivity contribution in [3.05, 3.63) is 0 Å². The van der Waals surface area contributed by atoms with Crippen molar-refractivity contribution < 1.29 is 9.47 Å². The van der Waals surface area contributed by atoms with E-state index in [2.05, 4.69) is 5.32 Å². The Labute approximate surface area is 102 Å². The summed E-state index contributed by atoms with van der Waals surface area (Å²) in [4.78, 5) is 0. The largest absolute Gasteiger partial charge is 0.348 e. The molecule has 92 valence electrons. The van der Waals surface area contributed by atoms with Crippen LogP contribution in [0.15, 0.2) is 0 Å². The number of nitrogens with one attached hydrogen (secondary N) is 1. The van der Waals surface area contributed by atoms with E-state index in [0.29, 0.717) is 0 Å². The molecule has 2 heterocycles. The molecule has 3 rings (SSSR count). The third-order valence-corrected chi connectivity index (χ3v) is 5.29. The fourth-order valence-corrected chi connectivity index (χ4v) is 3.50. The molecule has 16 heavy (non-hydrogen) atoms. The third kappa shape index (κ3) is 2.40. The number of hydrogen-bond donors (Lipinski definition) is 1. The summed E-state index contributed by atoms with van der Waals surface area (Å²) in [6.07, 6.45) is 4.71. The molecule has 3 fully saturated rings. The van der Waals surface area contributed by atoms with Gasteiger partial charge in [0.1, 0.15) is 0 Å². The zero-order chi connectivity index (χ0) is 10.8. The maximum atomic E-state index is 5.74. The van der Waals surface area contributed by atoms with Crippen LogP contribution >= 0.6 is 11.8 Å². The average Bonchev–Trinajstić information content (AvgIpc) is 2.68. The van der Waals surface area contributed by atoms with Gasteiger partial charge in [-0.3, -0.25) is 0 Å². The van der Waals surface area contributed by atoms with Gasteiger partial charge in [-0.1, -0.05) is 0 Å². The van der Waals surface area contributed by atoms with Gasteiger partial charge in [-0.2, -0.15) is 11.8 Å². The van der Waals surface area contributed by atoms with Crippen LogP contribution in [-0.4, -0.2) is 43.1 Å². The molecular weight excluding hydrogens is 222 g/mol. The van der Waals surface area contributed by atoms with Crippen molar-refractivity contribution in [2.24, 2.45) is 5.92 Å². The van der Waals surface area contributed by atoms with Gasteiger partial charge >= 0.3 is 0 Å². The first-order valence-corrected chi connectivity index (χ1v) is 7.61. The van der Waals surface area contributed by atoms with Crippen LogP contribution in [0.1, 0.15) is 25.7 Å². The molecule has 1 spiro atoms. The van der Waals surface area contributed by atoms with Gasteiger partial charge in [0.25, 0.3) is 0 Å². The van der Waals surface area contributed by atoms with Crippen LogP contribution in [0.4, 0.5) is 0 Å². The average molecular weight is 243 g/mol. The SMILES string of the molecule is C1COC2(CCC(CNC3CSC3)CC2)O1. The van der Waals surface area contributed by atoms with Crippen LogP contribution in [0.5, 0.6) is 0 Å². The number of ether oxygens (including phenoxy) is 2. The first-order chi connectivity index (χ1) is 7.86. The van der Waals surface area contributed by atoms with Gasteiger partial charge in [0.2, 0.25) is 0 Å². The first-order valence-electron chi connectivity index (χ1n) is 6.45. The summed E-state index contributed by atoms with van der Waals surface area (Å²) in [5, 5.41) is 3.67. The van der Waals surface area contributed by atoms with Gasteiger partial charge in [-0.15, -0.1) is 0 Å². The van der Waals surface area contributed by atoms with Crippen LogP contribution in [0, 0.1) is 5.92 Å². The van der Waals surface area contributed by atoms with Gasteiger partial charge in [-0.25, -0.2) is 0 Å². The highest BCUT2D eigenvalue weighted by Gasteiger charge is 2.40. The molecule has 0 aromatic heterocycles. The molecule has 0 atom stereocenters. The summed E-state index contributed by atoms with van der Waals surface area (Å²) in [7, 11) is 0. The summed E-state index contributed by atoms with van der Waals surface area (Å²) in [6, 6.07) is 0.792. The molecule has 3 nitrogen and oxygen atoms in total. The van der Waals surface area contributed by atoms with Gasteiger partial charge in [0, 0.05) is 30.4 Å². The van der Waals surface area contributed by atoms with E-state index in [1.54, 1.807) is 0 Å². The standard InChI is InChI=1S/C12H21NO2S/c1-3-12(14-5-6-15-12)4-2-10(1)7-13-11-8-16-9-11/h10-11,13H,1-9H2. The van der Waals surface area contributed by atoms with Crippen molar-refractivity contribution in [3.8, 4) is 0 Å². The van der Waals surface area contributed by atoms with E-state index in [9.17, 15) is 0 Å². The molecular formula is C12H21NO2S. The zero-order valence-electron chi connectivity index (χ0n) is 9.74. The van der Waals surface area contributed by atoms with Gasteiger partial charge in [0.15, 0.2) is 5.79 Å². The van der Waals surface area contributed by atoms with Crippen molar-refractivity contribution in [1.29, 1.82) is 0 Å². The molecule has 4 heteroatoms. The quantitative estimate of drug-likeness (QED) is 0.816. The predicted molar refractivity (Wildman–Crippen MR) is 65.7 cm³/mol. The summed E-state index contributed by atoms with van der Waals surface area (Å²) in [5.41, 5.74) is 0. The minimum atomic E-state index is -0.178. The molecule has 0 unspecified atom stereocenters. The van der Waals surface area contributed by atoms with Crippen LogP contribution < -0.4 is 5.32 Å². The van der Waals surface area contributed by atoms with E-state index in [4.69, 9.17) is 9.47 Å². The van der Waals surface area contributed by atoms with Crippen molar-refractivity contribution >= 4 is 11.8 Å². The van der Waals surface area contributed by atoms with Crippen LogP contribution in [-0.2, 0) is 9.47 Å². The molecule has 0 aromatic carbocycles. The molecule has 1 N–H and O–H groups in total. The van der Waals surface area contributed by atoms with E-state index < -0.39 is 0 Å². The molecule has 2 aliphatic heterocycles. The Balaban J connectivity index is 1.39. The van der Waals surface area contributed by atoms with Crippen molar-refractivity contribution in [1.82, 2.24) is 5.32 Å². The zero-order valence-corrected chi connectivity index (χ0v) is 10.6. The monoisotopic (exact) mass is 243 g/mol. The molecule has 1 aliphatic carbocycles. The van der Waals surface area contributed by atoms with Gasteiger partial charge in [-0.05, 0) is 25.3 Å². The van der Waals surface area contributed by atoms with Crippen molar-refractivity contribution in [2.45, 2.75) is 37.5 Å². The fraction of sp³-hybridized carbons (Fsp3) is 1.00. The topological polar surface area (TPSA) is 30.5 Å². The second kappa shape index (κ2) is 4.84. The Morgan fingerprint density at radius 2 is 1.81 bits per heavy atom. The molecule has 0 aromatic rings. The number of hydrogen-bond acceptors (Lipinski definition) is 4. The van der Waals surface area contributed by atoms with E-state index in [0.717, 1.165) is 38.0 Å². The number of thioether (sulfide) groups is 1. The minimum absolute atomic E-state index is 0.178. The fourth-order valence-electron chi connectivity index (χ4n) is 2.79. The van der Waals surface area contributed by atoms with Gasteiger partial charge in [0.05, 0.1) is 13.2 Å². The Morgan fingerprint density at radius 3 is 2.38 bits per heavy atom. The smallest absolute Gasteiger partial charge is 0.168 e. The first kappa shape index (κ1) is 11.3. The van der Waals surface area contributed by atoms with E-state index in [1.165, 1.54) is 30.9 Å². The highest BCUT2D eigenvalue weighted by molar-refractivity contribution is 8.00. The van der Waals surface area contributed by atoms with Crippen LogP contribution in [0.2, 0.25) is 0 Å². The van der Waals surface area contributed by atoms with E-state index in [1.807, 2.05) is 11.8 Å². The summed E-state index contributed by atoms with van der Waals surface area (Å²) >= 11 is 2.04. The maximum Gasteiger partial charge on any atom is 0.168 e. The van der Waals surface area contributed by atoms with Crippen molar-refractivity contribution in [2.75, 3.05) is 31.3 Å². The lowest BCUT2D eigenvalue weighted by Crippen LogP contribution is -2.44. The molecule has 2 saturated heterocycles. The lowest BCUT2D eigenvalue weighted by atomic mass is 9.85. The normalized spacial score (nSPS) is 30.8. The third-order valence-electron chi connectivity index (χ3n) is 4.01. The molecule has 0 amide bonds. The molecule has 0 bridgehead atoms. The Bertz CT molecular complexity index is 229. The van der Waals surface area contributed by atoms with Crippen LogP contribution in [0.3, 0.4) is 0 Å². The number of rotatable bonds is 3. The second-order valence-corrected chi connectivity index (χ2v) is 6.27.